The van der Waals surface area contributed by atoms with Gasteiger partial charge in [0.15, 0.2) is 0 Å². The molecule has 0 atom stereocenters. The number of ether oxygens (including phenoxy) is 1. The average Bonchev–Trinajstić information content (AvgIpc) is 3.11. The summed E-state index contributed by atoms with van der Waals surface area (Å²) in [4.78, 5) is 17.4. The second-order valence-electron chi connectivity index (χ2n) is 6.50. The molecule has 0 aliphatic rings. The Labute approximate surface area is 163 Å². The maximum atomic E-state index is 12.7. The van der Waals surface area contributed by atoms with Gasteiger partial charge in [0, 0.05) is 18.2 Å². The lowest BCUT2D eigenvalue weighted by atomic mass is 10.1. The molecule has 1 amide bonds. The fourth-order valence-electron chi connectivity index (χ4n) is 3.18. The van der Waals surface area contributed by atoms with Gasteiger partial charge in [-0.25, -0.2) is 4.98 Å². The van der Waals surface area contributed by atoms with E-state index in [4.69, 9.17) is 9.72 Å². The van der Waals surface area contributed by atoms with Gasteiger partial charge in [0.25, 0.3) is 0 Å². The van der Waals surface area contributed by atoms with Gasteiger partial charge in [0.2, 0.25) is 5.91 Å². The highest BCUT2D eigenvalue weighted by atomic mass is 16.5. The predicted molar refractivity (Wildman–Crippen MR) is 111 cm³/mol. The number of fused-ring (bicyclic) bond motifs is 1. The number of nitrogens with one attached hydrogen (secondary N) is 1. The van der Waals surface area contributed by atoms with Crippen molar-refractivity contribution in [2.45, 2.75) is 12.8 Å². The van der Waals surface area contributed by atoms with E-state index in [1.807, 2.05) is 83.4 Å². The Balaban J connectivity index is 1.64. The zero-order chi connectivity index (χ0) is 19.3. The molecule has 28 heavy (non-hydrogen) atoms. The van der Waals surface area contributed by atoms with E-state index >= 15 is 0 Å². The second-order valence-corrected chi connectivity index (χ2v) is 6.50. The summed E-state index contributed by atoms with van der Waals surface area (Å²) >= 11 is 0. The number of aromatic nitrogens is 2. The van der Waals surface area contributed by atoms with Crippen LogP contribution < -0.4 is 10.1 Å². The highest BCUT2D eigenvalue weighted by Crippen LogP contribution is 2.31. The van der Waals surface area contributed by atoms with Gasteiger partial charge in [-0.1, -0.05) is 48.5 Å². The number of benzene rings is 2. The Morgan fingerprint density at radius 1 is 1.04 bits per heavy atom. The minimum absolute atomic E-state index is 0.0429. The molecule has 2 heterocycles. The number of rotatable bonds is 6. The summed E-state index contributed by atoms with van der Waals surface area (Å²) in [6.45, 7) is 0. The van der Waals surface area contributed by atoms with E-state index in [0.29, 0.717) is 18.7 Å². The van der Waals surface area contributed by atoms with Crippen LogP contribution in [-0.4, -0.2) is 22.4 Å². The van der Waals surface area contributed by atoms with Crippen LogP contribution in [0.25, 0.3) is 16.9 Å². The van der Waals surface area contributed by atoms with E-state index in [2.05, 4.69) is 5.32 Å². The van der Waals surface area contributed by atoms with E-state index < -0.39 is 0 Å². The summed E-state index contributed by atoms with van der Waals surface area (Å²) in [6.07, 6.45) is 3.00. The molecule has 2 aromatic heterocycles. The third-order valence-corrected chi connectivity index (χ3v) is 4.61. The largest absolute Gasteiger partial charge is 0.497 e. The van der Waals surface area contributed by atoms with E-state index in [9.17, 15) is 4.79 Å². The second kappa shape index (κ2) is 7.96. The molecular formula is C23H21N3O2. The first-order valence-electron chi connectivity index (χ1n) is 9.20. The third-order valence-electron chi connectivity index (χ3n) is 4.61. The molecule has 4 rings (SSSR count). The Hall–Kier alpha value is -3.60. The third kappa shape index (κ3) is 3.74. The first-order chi connectivity index (χ1) is 13.7. The predicted octanol–water partition coefficient (Wildman–Crippen LogP) is 4.58. The summed E-state index contributed by atoms with van der Waals surface area (Å²) in [5, 5.41) is 3.06. The molecular weight excluding hydrogens is 350 g/mol. The van der Waals surface area contributed by atoms with Crippen molar-refractivity contribution in [3.05, 3.63) is 84.6 Å². The normalized spacial score (nSPS) is 10.8. The van der Waals surface area contributed by atoms with Crippen LogP contribution >= 0.6 is 0 Å². The number of hydrogen-bond acceptors (Lipinski definition) is 3. The minimum atomic E-state index is -0.0429. The molecule has 4 aromatic rings. The fourth-order valence-corrected chi connectivity index (χ4v) is 3.18. The first kappa shape index (κ1) is 17.8. The first-order valence-corrected chi connectivity index (χ1v) is 9.20. The number of aryl methyl sites for hydroxylation is 1. The van der Waals surface area contributed by atoms with E-state index in [1.54, 1.807) is 7.11 Å². The molecule has 0 bridgehead atoms. The van der Waals surface area contributed by atoms with Crippen molar-refractivity contribution >= 4 is 17.4 Å². The molecule has 0 radical (unpaired) electrons. The van der Waals surface area contributed by atoms with Crippen molar-refractivity contribution in [1.82, 2.24) is 9.38 Å². The summed E-state index contributed by atoms with van der Waals surface area (Å²) in [7, 11) is 1.63. The topological polar surface area (TPSA) is 55.6 Å². The number of methoxy groups -OCH3 is 1. The molecule has 0 saturated heterocycles. The van der Waals surface area contributed by atoms with Gasteiger partial charge in [-0.05, 0) is 36.2 Å². The van der Waals surface area contributed by atoms with Gasteiger partial charge in [-0.3, -0.25) is 9.20 Å². The number of carbonyl (C=O) groups excluding carboxylic acids is 1. The van der Waals surface area contributed by atoms with Crippen molar-refractivity contribution in [1.29, 1.82) is 0 Å². The number of amides is 1. The molecule has 0 saturated carbocycles. The van der Waals surface area contributed by atoms with Crippen molar-refractivity contribution in [2.75, 3.05) is 12.4 Å². The van der Waals surface area contributed by atoms with Crippen molar-refractivity contribution in [3.8, 4) is 17.0 Å². The number of pyridine rings is 1. The smallest absolute Gasteiger partial charge is 0.225 e. The molecule has 140 valence electrons. The molecule has 0 aliphatic heterocycles. The number of carbonyl (C=O) groups is 1. The molecule has 5 heteroatoms. The fraction of sp³-hybridized carbons (Fsp3) is 0.130. The maximum Gasteiger partial charge on any atom is 0.225 e. The Morgan fingerprint density at radius 2 is 1.86 bits per heavy atom. The maximum absolute atomic E-state index is 12.7. The zero-order valence-corrected chi connectivity index (χ0v) is 15.6. The van der Waals surface area contributed by atoms with E-state index in [1.165, 1.54) is 0 Å². The average molecular weight is 371 g/mol. The number of anilines is 1. The number of hydrogen-bond donors (Lipinski definition) is 1. The summed E-state index contributed by atoms with van der Waals surface area (Å²) in [5.41, 5.74) is 3.53. The molecule has 1 N–H and O–H groups in total. The quantitative estimate of drug-likeness (QED) is 0.540. The Kier molecular flexibility index (Phi) is 5.06. The monoisotopic (exact) mass is 371 g/mol. The highest BCUT2D eigenvalue weighted by molar-refractivity contribution is 5.94. The summed E-state index contributed by atoms with van der Waals surface area (Å²) < 4.78 is 7.24. The Morgan fingerprint density at radius 3 is 2.68 bits per heavy atom. The van der Waals surface area contributed by atoms with Gasteiger partial charge >= 0.3 is 0 Å². The van der Waals surface area contributed by atoms with Crippen molar-refractivity contribution in [3.63, 3.8) is 0 Å². The van der Waals surface area contributed by atoms with E-state index in [0.717, 1.165) is 28.2 Å². The van der Waals surface area contributed by atoms with Gasteiger partial charge in [-0.15, -0.1) is 0 Å². The van der Waals surface area contributed by atoms with Crippen LogP contribution in [0.2, 0.25) is 0 Å². The van der Waals surface area contributed by atoms with E-state index in [-0.39, 0.29) is 5.91 Å². The lowest BCUT2D eigenvalue weighted by Crippen LogP contribution is -2.14. The SMILES string of the molecule is COc1cccc(-c2nc3ccccn3c2NC(=O)CCc2ccccc2)c1. The van der Waals surface area contributed by atoms with Crippen LogP contribution in [0.1, 0.15) is 12.0 Å². The lowest BCUT2D eigenvalue weighted by molar-refractivity contribution is -0.116. The molecule has 2 aromatic carbocycles. The standard InChI is InChI=1S/C23H21N3O2/c1-28-19-11-7-10-18(16-19)22-23(26-15-6-5-12-20(26)24-22)25-21(27)14-13-17-8-3-2-4-9-17/h2-12,15-16H,13-14H2,1H3,(H,25,27). The summed E-state index contributed by atoms with van der Waals surface area (Å²) in [6, 6.07) is 23.5. The molecule has 0 unspecified atom stereocenters. The number of nitrogens with zero attached hydrogens (tertiary/aromatic N) is 2. The van der Waals surface area contributed by atoms with Crippen LogP contribution in [0.3, 0.4) is 0 Å². The van der Waals surface area contributed by atoms with Crippen LogP contribution in [0, 0.1) is 0 Å². The minimum Gasteiger partial charge on any atom is -0.497 e. The molecule has 0 spiro atoms. The van der Waals surface area contributed by atoms with Crippen LogP contribution in [0.5, 0.6) is 5.75 Å². The lowest BCUT2D eigenvalue weighted by Gasteiger charge is -2.09. The summed E-state index contributed by atoms with van der Waals surface area (Å²) in [5.74, 6) is 1.37. The van der Waals surface area contributed by atoms with Gasteiger partial charge in [0.05, 0.1) is 7.11 Å². The van der Waals surface area contributed by atoms with Crippen molar-refractivity contribution in [2.24, 2.45) is 0 Å². The molecule has 5 nitrogen and oxygen atoms in total. The molecule has 0 aliphatic carbocycles. The highest BCUT2D eigenvalue weighted by Gasteiger charge is 2.16. The van der Waals surface area contributed by atoms with Crippen LogP contribution in [0.4, 0.5) is 5.82 Å². The van der Waals surface area contributed by atoms with Crippen molar-refractivity contribution < 1.29 is 9.53 Å². The van der Waals surface area contributed by atoms with Gasteiger partial charge < -0.3 is 10.1 Å². The molecule has 0 fully saturated rings. The van der Waals surface area contributed by atoms with Gasteiger partial charge in [0.1, 0.15) is 22.9 Å². The van der Waals surface area contributed by atoms with Crippen LogP contribution in [-0.2, 0) is 11.2 Å². The zero-order valence-electron chi connectivity index (χ0n) is 15.6. The van der Waals surface area contributed by atoms with Gasteiger partial charge in [-0.2, -0.15) is 0 Å². The Bertz CT molecular complexity index is 1100. The van der Waals surface area contributed by atoms with Crippen LogP contribution in [0.15, 0.2) is 79.0 Å². The number of imidazole rings is 1.